The Balaban J connectivity index is 1.76. The third-order valence-corrected chi connectivity index (χ3v) is 5.65. The van der Waals surface area contributed by atoms with Gasteiger partial charge in [0.1, 0.15) is 11.4 Å². The van der Waals surface area contributed by atoms with Crippen LogP contribution in [-0.2, 0) is 9.53 Å². The lowest BCUT2D eigenvalue weighted by Gasteiger charge is -2.28. The fourth-order valence-corrected chi connectivity index (χ4v) is 3.84. The van der Waals surface area contributed by atoms with E-state index in [1.165, 1.54) is 32.4 Å². The molecule has 1 heterocycles. The first kappa shape index (κ1) is 23.7. The summed E-state index contributed by atoms with van der Waals surface area (Å²) in [6.07, 6.45) is 9.04. The summed E-state index contributed by atoms with van der Waals surface area (Å²) in [5, 5.41) is 3.01. The Morgan fingerprint density at radius 3 is 2.45 bits per heavy atom. The zero-order chi connectivity index (χ0) is 21.0. The van der Waals surface area contributed by atoms with Crippen molar-refractivity contribution in [2.45, 2.75) is 77.7 Å². The highest BCUT2D eigenvalue weighted by molar-refractivity contribution is 5.97. The van der Waals surface area contributed by atoms with Crippen molar-refractivity contribution in [3.63, 3.8) is 0 Å². The number of unbranched alkanes of at least 4 members (excludes halogenated alkanes) is 2. The van der Waals surface area contributed by atoms with Crippen molar-refractivity contribution < 1.29 is 14.3 Å². The van der Waals surface area contributed by atoms with Crippen LogP contribution in [0.25, 0.3) is 0 Å². The number of carbonyl (C=O) groups excluding carboxylic acids is 1. The van der Waals surface area contributed by atoms with E-state index in [-0.39, 0.29) is 5.91 Å². The number of nitrogens with zero attached hydrogens (tertiary/aromatic N) is 1. The molecule has 1 saturated heterocycles. The largest absolute Gasteiger partial charge is 0.494 e. The molecule has 29 heavy (non-hydrogen) atoms. The molecule has 5 nitrogen and oxygen atoms in total. The quantitative estimate of drug-likeness (QED) is 0.456. The van der Waals surface area contributed by atoms with Gasteiger partial charge in [-0.2, -0.15) is 0 Å². The molecule has 5 heteroatoms. The molecule has 1 amide bonds. The van der Waals surface area contributed by atoms with Gasteiger partial charge in [-0.05, 0) is 76.9 Å². The number of anilines is 1. The van der Waals surface area contributed by atoms with E-state index in [0.717, 1.165) is 56.7 Å². The lowest BCUT2D eigenvalue weighted by molar-refractivity contribution is -0.139. The highest BCUT2D eigenvalue weighted by Crippen LogP contribution is 2.23. The minimum atomic E-state index is -0.784. The predicted molar refractivity (Wildman–Crippen MR) is 120 cm³/mol. The zero-order valence-corrected chi connectivity index (χ0v) is 18.7. The van der Waals surface area contributed by atoms with Gasteiger partial charge in [0.2, 0.25) is 0 Å². The molecule has 1 aliphatic heterocycles. The molecule has 164 valence electrons. The summed E-state index contributed by atoms with van der Waals surface area (Å²) in [5.41, 5.74) is -0.00910. The van der Waals surface area contributed by atoms with Crippen LogP contribution < -0.4 is 10.1 Å². The van der Waals surface area contributed by atoms with Crippen molar-refractivity contribution in [2.24, 2.45) is 0 Å². The third-order valence-electron chi connectivity index (χ3n) is 5.65. The fraction of sp³-hybridized carbons (Fsp3) is 0.708. The van der Waals surface area contributed by atoms with Crippen molar-refractivity contribution in [1.29, 1.82) is 0 Å². The number of piperidine rings is 1. The maximum absolute atomic E-state index is 12.8. The molecule has 0 saturated carbocycles. The molecule has 1 aliphatic rings. The average Bonchev–Trinajstić information content (AvgIpc) is 2.73. The molecule has 1 aromatic rings. The Morgan fingerprint density at radius 2 is 1.79 bits per heavy atom. The van der Waals surface area contributed by atoms with Crippen LogP contribution >= 0.6 is 0 Å². The number of rotatable bonds is 13. The molecule has 0 radical (unpaired) electrons. The standard InChI is InChI=1S/C24H40N2O3/c1-4-6-8-16-24(3,29-5-2)23(27)25-21-12-14-22(15-13-21)28-20-11-19-26-17-9-7-10-18-26/h12-15H,4-11,16-20H2,1-3H3,(H,25,27)/t24-/m1/s1. The van der Waals surface area contributed by atoms with Crippen LogP contribution in [-0.4, -0.2) is 49.3 Å². The minimum Gasteiger partial charge on any atom is -0.494 e. The molecular formula is C24H40N2O3. The van der Waals surface area contributed by atoms with Crippen LogP contribution in [0.4, 0.5) is 5.69 Å². The number of carbonyl (C=O) groups is 1. The van der Waals surface area contributed by atoms with Gasteiger partial charge in [-0.25, -0.2) is 0 Å². The van der Waals surface area contributed by atoms with E-state index >= 15 is 0 Å². The molecule has 0 aliphatic carbocycles. The van der Waals surface area contributed by atoms with Crippen LogP contribution in [0.15, 0.2) is 24.3 Å². The minimum absolute atomic E-state index is 0.0781. The summed E-state index contributed by atoms with van der Waals surface area (Å²) in [6, 6.07) is 7.64. The Bertz CT molecular complexity index is 584. The van der Waals surface area contributed by atoms with E-state index in [1.807, 2.05) is 38.1 Å². The number of ether oxygens (including phenoxy) is 2. The smallest absolute Gasteiger partial charge is 0.256 e. The van der Waals surface area contributed by atoms with Crippen LogP contribution in [0.2, 0.25) is 0 Å². The van der Waals surface area contributed by atoms with Gasteiger partial charge in [0.05, 0.1) is 6.61 Å². The lowest BCUT2D eigenvalue weighted by Crippen LogP contribution is -2.42. The highest BCUT2D eigenvalue weighted by atomic mass is 16.5. The number of amides is 1. The molecule has 0 bridgehead atoms. The molecule has 0 unspecified atom stereocenters. The fourth-order valence-electron chi connectivity index (χ4n) is 3.84. The van der Waals surface area contributed by atoms with Crippen molar-refractivity contribution in [2.75, 3.05) is 38.2 Å². The maximum atomic E-state index is 12.8. The first-order chi connectivity index (χ1) is 14.1. The highest BCUT2D eigenvalue weighted by Gasteiger charge is 2.33. The Kier molecular flexibility index (Phi) is 10.5. The van der Waals surface area contributed by atoms with Crippen LogP contribution in [0.3, 0.4) is 0 Å². The van der Waals surface area contributed by atoms with Gasteiger partial charge in [0.25, 0.3) is 5.91 Å². The summed E-state index contributed by atoms with van der Waals surface area (Å²) in [4.78, 5) is 15.3. The second kappa shape index (κ2) is 12.9. The molecule has 0 spiro atoms. The lowest BCUT2D eigenvalue weighted by atomic mass is 9.96. The number of benzene rings is 1. The summed E-state index contributed by atoms with van der Waals surface area (Å²) in [7, 11) is 0. The number of hydrogen-bond acceptors (Lipinski definition) is 4. The predicted octanol–water partition coefficient (Wildman–Crippen LogP) is 5.26. The number of likely N-dealkylation sites (tertiary alicyclic amines) is 1. The second-order valence-corrected chi connectivity index (χ2v) is 8.20. The van der Waals surface area contributed by atoms with Crippen molar-refractivity contribution in [3.05, 3.63) is 24.3 Å². The summed E-state index contributed by atoms with van der Waals surface area (Å²) >= 11 is 0. The first-order valence-corrected chi connectivity index (χ1v) is 11.5. The van der Waals surface area contributed by atoms with Crippen LogP contribution in [0, 0.1) is 0 Å². The van der Waals surface area contributed by atoms with Gasteiger partial charge in [-0.15, -0.1) is 0 Å². The Labute approximate surface area is 177 Å². The normalized spacial score (nSPS) is 16.9. The van der Waals surface area contributed by atoms with E-state index in [0.29, 0.717) is 6.61 Å². The van der Waals surface area contributed by atoms with E-state index in [9.17, 15) is 4.79 Å². The molecule has 1 N–H and O–H groups in total. The Hall–Kier alpha value is -1.59. The van der Waals surface area contributed by atoms with E-state index in [4.69, 9.17) is 9.47 Å². The van der Waals surface area contributed by atoms with Gasteiger partial charge in [-0.1, -0.05) is 32.6 Å². The van der Waals surface area contributed by atoms with Crippen molar-refractivity contribution >= 4 is 11.6 Å². The third kappa shape index (κ3) is 8.35. The average molecular weight is 405 g/mol. The number of hydrogen-bond donors (Lipinski definition) is 1. The summed E-state index contributed by atoms with van der Waals surface area (Å²) < 4.78 is 11.7. The topological polar surface area (TPSA) is 50.8 Å². The van der Waals surface area contributed by atoms with E-state index in [1.54, 1.807) is 0 Å². The zero-order valence-electron chi connectivity index (χ0n) is 18.7. The monoisotopic (exact) mass is 404 g/mol. The summed E-state index contributed by atoms with van der Waals surface area (Å²) in [5.74, 6) is 0.766. The molecule has 1 fully saturated rings. The van der Waals surface area contributed by atoms with Crippen LogP contribution in [0.1, 0.15) is 72.1 Å². The molecule has 1 aromatic carbocycles. The Morgan fingerprint density at radius 1 is 1.07 bits per heavy atom. The van der Waals surface area contributed by atoms with E-state index < -0.39 is 5.60 Å². The molecule has 2 rings (SSSR count). The van der Waals surface area contributed by atoms with Crippen LogP contribution in [0.5, 0.6) is 5.75 Å². The maximum Gasteiger partial charge on any atom is 0.256 e. The first-order valence-electron chi connectivity index (χ1n) is 11.5. The van der Waals surface area contributed by atoms with Gasteiger partial charge >= 0.3 is 0 Å². The van der Waals surface area contributed by atoms with Gasteiger partial charge < -0.3 is 19.7 Å². The molecule has 1 atom stereocenters. The van der Waals surface area contributed by atoms with Gasteiger partial charge in [-0.3, -0.25) is 4.79 Å². The molecule has 0 aromatic heterocycles. The molecular weight excluding hydrogens is 364 g/mol. The van der Waals surface area contributed by atoms with Gasteiger partial charge in [0, 0.05) is 18.8 Å². The summed E-state index contributed by atoms with van der Waals surface area (Å²) in [6.45, 7) is 10.8. The van der Waals surface area contributed by atoms with Gasteiger partial charge in [0.15, 0.2) is 0 Å². The van der Waals surface area contributed by atoms with Crippen molar-refractivity contribution in [3.8, 4) is 5.75 Å². The second-order valence-electron chi connectivity index (χ2n) is 8.20. The number of nitrogens with one attached hydrogen (secondary N) is 1. The SMILES string of the molecule is CCCCC[C@@](C)(OCC)C(=O)Nc1ccc(OCCCN2CCCCC2)cc1. The van der Waals surface area contributed by atoms with Crippen molar-refractivity contribution in [1.82, 2.24) is 4.90 Å². The van der Waals surface area contributed by atoms with E-state index in [2.05, 4.69) is 17.1 Å².